The van der Waals surface area contributed by atoms with Crippen LogP contribution in [0.3, 0.4) is 0 Å². The van der Waals surface area contributed by atoms with Crippen molar-refractivity contribution in [2.24, 2.45) is 5.73 Å². The zero-order chi connectivity index (χ0) is 28.8. The van der Waals surface area contributed by atoms with Gasteiger partial charge in [0, 0.05) is 43.2 Å². The third-order valence-electron chi connectivity index (χ3n) is 7.10. The Morgan fingerprint density at radius 1 is 1.05 bits per heavy atom. The van der Waals surface area contributed by atoms with Gasteiger partial charge in [-0.15, -0.1) is 0 Å². The number of H-pyrrole nitrogens is 1. The number of hydrogen-bond acceptors (Lipinski definition) is 7. The topological polar surface area (TPSA) is 138 Å². The lowest BCUT2D eigenvalue weighted by Crippen LogP contribution is -2.36. The highest BCUT2D eigenvalue weighted by atomic mass is 32.2. The quantitative estimate of drug-likeness (QED) is 0.161. The monoisotopic (exact) mass is 573 g/mol. The van der Waals surface area contributed by atoms with Gasteiger partial charge in [0.1, 0.15) is 0 Å². The highest BCUT2D eigenvalue weighted by molar-refractivity contribution is 7.92. The summed E-state index contributed by atoms with van der Waals surface area (Å²) >= 11 is 0. The number of aliphatic hydroxyl groups excluding tert-OH is 1. The first-order valence-electron chi connectivity index (χ1n) is 13.9. The van der Waals surface area contributed by atoms with Crippen LogP contribution >= 0.6 is 0 Å². The number of aromatic nitrogens is 3. The number of rotatable bonds is 13. The lowest BCUT2D eigenvalue weighted by Gasteiger charge is -2.26. The van der Waals surface area contributed by atoms with Gasteiger partial charge in [-0.05, 0) is 71.5 Å². The number of anilines is 1. The molecule has 4 N–H and O–H groups in total. The second-order valence-corrected chi connectivity index (χ2v) is 11.9. The number of aliphatic hydroxyl groups is 1. The van der Waals surface area contributed by atoms with Crippen molar-refractivity contribution in [2.75, 3.05) is 17.4 Å². The molecule has 0 radical (unpaired) electrons. The minimum atomic E-state index is -4.04. The summed E-state index contributed by atoms with van der Waals surface area (Å²) in [5.74, 6) is 0.927. The summed E-state index contributed by atoms with van der Waals surface area (Å²) in [4.78, 5) is 7.78. The van der Waals surface area contributed by atoms with Crippen LogP contribution in [0.2, 0.25) is 0 Å². The minimum absolute atomic E-state index is 0.0603. The van der Waals surface area contributed by atoms with Crippen molar-refractivity contribution in [1.29, 1.82) is 0 Å². The Kier molecular flexibility index (Phi) is 8.82. The number of benzene rings is 3. The Morgan fingerprint density at radius 2 is 1.88 bits per heavy atom. The summed E-state index contributed by atoms with van der Waals surface area (Å²) in [6, 6.07) is 21.4. The van der Waals surface area contributed by atoms with Crippen molar-refractivity contribution in [3.63, 3.8) is 0 Å². The molecular weight excluding hydrogens is 538 g/mol. The van der Waals surface area contributed by atoms with Gasteiger partial charge in [-0.3, -0.25) is 4.31 Å². The van der Waals surface area contributed by atoms with Gasteiger partial charge in [-0.25, -0.2) is 8.42 Å². The number of para-hydroxylation sites is 1. The molecule has 41 heavy (non-hydrogen) atoms. The highest BCUT2D eigenvalue weighted by Gasteiger charge is 2.29. The Labute approximate surface area is 240 Å². The number of aromatic amines is 1. The molecule has 0 fully saturated rings. The van der Waals surface area contributed by atoms with Gasteiger partial charge in [0.05, 0.1) is 16.7 Å². The van der Waals surface area contributed by atoms with E-state index in [0.29, 0.717) is 40.5 Å². The average Bonchev–Trinajstić information content (AvgIpc) is 3.66. The molecule has 9 nitrogen and oxygen atoms in total. The summed E-state index contributed by atoms with van der Waals surface area (Å²) in [6.07, 6.45) is 4.75. The van der Waals surface area contributed by atoms with Crippen molar-refractivity contribution < 1.29 is 18.0 Å². The molecule has 2 aromatic heterocycles. The number of fused-ring (bicyclic) bond motifs is 1. The first kappa shape index (κ1) is 28.5. The highest BCUT2D eigenvalue weighted by Crippen LogP contribution is 2.32. The van der Waals surface area contributed by atoms with Crippen LogP contribution in [0.4, 0.5) is 5.69 Å². The summed E-state index contributed by atoms with van der Waals surface area (Å²) in [5, 5.41) is 16.4. The van der Waals surface area contributed by atoms with Crippen molar-refractivity contribution in [2.45, 2.75) is 50.0 Å². The summed E-state index contributed by atoms with van der Waals surface area (Å²) in [7, 11) is -4.04. The lowest BCUT2D eigenvalue weighted by atomic mass is 9.99. The first-order valence-corrected chi connectivity index (χ1v) is 15.3. The molecular formula is C31H35N5O4S. The predicted octanol–water partition coefficient (Wildman–Crippen LogP) is 5.38. The van der Waals surface area contributed by atoms with Crippen molar-refractivity contribution >= 4 is 26.6 Å². The van der Waals surface area contributed by atoms with E-state index >= 15 is 0 Å². The predicted molar refractivity (Wildman–Crippen MR) is 160 cm³/mol. The fourth-order valence-electron chi connectivity index (χ4n) is 4.95. The number of hydrogen-bond donors (Lipinski definition) is 3. The van der Waals surface area contributed by atoms with E-state index in [4.69, 9.17) is 10.3 Å². The van der Waals surface area contributed by atoms with Gasteiger partial charge in [0.25, 0.3) is 10.0 Å². The van der Waals surface area contributed by atoms with Gasteiger partial charge in [-0.1, -0.05) is 49.2 Å². The third-order valence-corrected chi connectivity index (χ3v) is 9.03. The Hall–Kier alpha value is -3.99. The van der Waals surface area contributed by atoms with E-state index in [0.717, 1.165) is 30.2 Å². The largest absolute Gasteiger partial charge is 0.388 e. The van der Waals surface area contributed by atoms with Crippen LogP contribution in [0, 0.1) is 0 Å². The Balaban J connectivity index is 1.54. The SMILES string of the molecule is CCCCCc1nc(-c2ccc(S(=O)(=O)N(CCN)c3ccccc3)c(CC(O)c3ccc4[nH]ccc4c3)c2)no1. The van der Waals surface area contributed by atoms with E-state index in [9.17, 15) is 13.5 Å². The molecule has 0 amide bonds. The molecule has 1 unspecified atom stereocenters. The second kappa shape index (κ2) is 12.7. The van der Waals surface area contributed by atoms with E-state index in [1.807, 2.05) is 36.5 Å². The molecule has 3 aromatic carbocycles. The van der Waals surface area contributed by atoms with Crippen LogP contribution in [-0.4, -0.2) is 41.7 Å². The standard InChI is InChI=1S/C31H35N5O4S/c1-2-3-5-10-30-34-31(35-40-30)24-12-14-29(41(38,39)36(18-16-32)26-8-6-4-7-9-26)25(20-24)21-28(37)23-11-13-27-22(19-23)15-17-33-27/h4,6-9,11-15,17,19-20,28,33,37H,2-3,5,10,16,18,21,32H2,1H3. The molecule has 5 rings (SSSR count). The van der Waals surface area contributed by atoms with Crippen molar-refractivity contribution in [3.05, 3.63) is 96.0 Å². The molecule has 0 saturated carbocycles. The Bertz CT molecular complexity index is 1700. The summed E-state index contributed by atoms with van der Waals surface area (Å²) in [5.41, 5.74) is 9.06. The van der Waals surface area contributed by atoms with Crippen LogP contribution in [0.5, 0.6) is 0 Å². The molecule has 214 valence electrons. The van der Waals surface area contributed by atoms with E-state index in [1.54, 1.807) is 42.5 Å². The molecule has 0 saturated heterocycles. The van der Waals surface area contributed by atoms with Gasteiger partial charge >= 0.3 is 0 Å². The normalized spacial score (nSPS) is 12.6. The van der Waals surface area contributed by atoms with Crippen molar-refractivity contribution in [3.8, 4) is 11.4 Å². The van der Waals surface area contributed by atoms with Crippen LogP contribution in [0.15, 0.2) is 88.4 Å². The number of nitrogens with one attached hydrogen (secondary N) is 1. The van der Waals surface area contributed by atoms with E-state index in [1.165, 1.54) is 4.31 Å². The Morgan fingerprint density at radius 3 is 2.66 bits per heavy atom. The van der Waals surface area contributed by atoms with Gasteiger partial charge in [0.15, 0.2) is 0 Å². The van der Waals surface area contributed by atoms with E-state index in [2.05, 4.69) is 22.0 Å². The number of nitrogens with zero attached hydrogens (tertiary/aromatic N) is 3. The molecule has 0 bridgehead atoms. The number of unbranched alkanes of at least 4 members (excludes halogenated alkanes) is 2. The molecule has 0 aliphatic heterocycles. The number of aryl methyl sites for hydroxylation is 1. The minimum Gasteiger partial charge on any atom is -0.388 e. The fourth-order valence-corrected chi connectivity index (χ4v) is 6.65. The van der Waals surface area contributed by atoms with Crippen LogP contribution in [0.25, 0.3) is 22.3 Å². The number of sulfonamides is 1. The first-order chi connectivity index (χ1) is 19.9. The molecule has 10 heteroatoms. The van der Waals surface area contributed by atoms with Crippen molar-refractivity contribution in [1.82, 2.24) is 15.1 Å². The zero-order valence-corrected chi connectivity index (χ0v) is 23.8. The molecule has 0 spiro atoms. The number of nitrogens with two attached hydrogens (primary N) is 1. The second-order valence-electron chi connectivity index (χ2n) is 10.0. The third kappa shape index (κ3) is 6.35. The zero-order valence-electron chi connectivity index (χ0n) is 23.0. The maximum absolute atomic E-state index is 14.1. The maximum atomic E-state index is 14.1. The van der Waals surface area contributed by atoms with Gasteiger partial charge in [-0.2, -0.15) is 4.98 Å². The van der Waals surface area contributed by atoms with Crippen LogP contribution < -0.4 is 10.0 Å². The van der Waals surface area contributed by atoms with E-state index < -0.39 is 16.1 Å². The fraction of sp³-hybridized carbons (Fsp3) is 0.290. The van der Waals surface area contributed by atoms with E-state index in [-0.39, 0.29) is 24.4 Å². The lowest BCUT2D eigenvalue weighted by molar-refractivity contribution is 0.178. The average molecular weight is 574 g/mol. The molecule has 0 aliphatic rings. The maximum Gasteiger partial charge on any atom is 0.264 e. The molecule has 1 atom stereocenters. The molecule has 2 heterocycles. The van der Waals surface area contributed by atoms with Crippen LogP contribution in [0.1, 0.15) is 49.3 Å². The molecule has 5 aromatic rings. The summed E-state index contributed by atoms with van der Waals surface area (Å²) in [6.45, 7) is 2.38. The summed E-state index contributed by atoms with van der Waals surface area (Å²) < 4.78 is 35.0. The van der Waals surface area contributed by atoms with Gasteiger partial charge < -0.3 is 20.3 Å². The van der Waals surface area contributed by atoms with Crippen LogP contribution in [-0.2, 0) is 22.9 Å². The molecule has 0 aliphatic carbocycles. The van der Waals surface area contributed by atoms with Gasteiger partial charge in [0.2, 0.25) is 11.7 Å². The smallest absolute Gasteiger partial charge is 0.264 e.